The van der Waals surface area contributed by atoms with Crippen LogP contribution in [0.1, 0.15) is 57.5 Å². The highest BCUT2D eigenvalue weighted by molar-refractivity contribution is 7.80. The molecule has 8 heteroatoms. The summed E-state index contributed by atoms with van der Waals surface area (Å²) in [6.07, 6.45) is -0.483. The molecular weight excluding hydrogens is 352 g/mol. The van der Waals surface area contributed by atoms with Crippen LogP contribution in [0.3, 0.4) is 0 Å². The molecule has 0 spiro atoms. The smallest absolute Gasteiger partial charge is 0.407 e. The van der Waals surface area contributed by atoms with E-state index >= 15 is 0 Å². The van der Waals surface area contributed by atoms with Crippen LogP contribution in [0, 0.1) is 0 Å². The molecule has 1 rings (SSSR count). The third-order valence-corrected chi connectivity index (χ3v) is 3.03. The van der Waals surface area contributed by atoms with Crippen LogP contribution in [0.25, 0.3) is 0 Å². The summed E-state index contributed by atoms with van der Waals surface area (Å²) in [4.78, 5) is 23.7. The Morgan fingerprint density at radius 1 is 1.00 bits per heavy atom. The fourth-order valence-corrected chi connectivity index (χ4v) is 2.18. The predicted octanol–water partition coefficient (Wildman–Crippen LogP) is 2.62. The number of benzene rings is 1. The van der Waals surface area contributed by atoms with Gasteiger partial charge in [0.15, 0.2) is 5.11 Å². The van der Waals surface area contributed by atoms with E-state index in [1.165, 1.54) is 0 Å². The average molecular weight is 381 g/mol. The number of amides is 2. The van der Waals surface area contributed by atoms with Crippen LogP contribution >= 0.6 is 12.2 Å². The third kappa shape index (κ3) is 9.22. The van der Waals surface area contributed by atoms with E-state index in [0.717, 1.165) is 5.56 Å². The van der Waals surface area contributed by atoms with Gasteiger partial charge in [0.2, 0.25) is 0 Å². The molecule has 26 heavy (non-hydrogen) atoms. The van der Waals surface area contributed by atoms with E-state index in [-0.39, 0.29) is 11.4 Å². The van der Waals surface area contributed by atoms with Gasteiger partial charge >= 0.3 is 6.09 Å². The van der Waals surface area contributed by atoms with Gasteiger partial charge in [-0.1, -0.05) is 12.1 Å². The van der Waals surface area contributed by atoms with Crippen LogP contribution in [0.4, 0.5) is 4.79 Å². The summed E-state index contributed by atoms with van der Waals surface area (Å²) in [7, 11) is 0. The van der Waals surface area contributed by atoms with Crippen LogP contribution in [-0.4, -0.2) is 28.3 Å². The monoisotopic (exact) mass is 380 g/mol. The first-order chi connectivity index (χ1) is 11.9. The molecule has 0 fully saturated rings. The van der Waals surface area contributed by atoms with Gasteiger partial charge in [0.05, 0.1) is 0 Å². The first-order valence-corrected chi connectivity index (χ1v) is 8.71. The molecule has 0 saturated heterocycles. The Morgan fingerprint density at radius 3 is 2.08 bits per heavy atom. The zero-order valence-electron chi connectivity index (χ0n) is 16.1. The summed E-state index contributed by atoms with van der Waals surface area (Å²) in [5.41, 5.74) is 5.78. The van der Waals surface area contributed by atoms with Gasteiger partial charge in [0.1, 0.15) is 5.60 Å². The van der Waals surface area contributed by atoms with E-state index in [2.05, 4.69) is 21.5 Å². The average Bonchev–Trinajstić information content (AvgIpc) is 2.48. The number of carbonyl (C=O) groups is 2. The molecule has 1 aromatic carbocycles. The molecule has 0 heterocycles. The van der Waals surface area contributed by atoms with Crippen molar-refractivity contribution in [2.45, 2.75) is 59.2 Å². The van der Waals surface area contributed by atoms with Crippen molar-refractivity contribution in [3.63, 3.8) is 0 Å². The van der Waals surface area contributed by atoms with E-state index in [1.54, 1.807) is 45.0 Å². The molecule has 7 nitrogen and oxygen atoms in total. The lowest BCUT2D eigenvalue weighted by atomic mass is 10.1. The predicted molar refractivity (Wildman–Crippen MR) is 106 cm³/mol. The minimum Gasteiger partial charge on any atom is -0.444 e. The third-order valence-electron chi connectivity index (χ3n) is 2.83. The van der Waals surface area contributed by atoms with Crippen LogP contribution in [0.15, 0.2) is 24.3 Å². The van der Waals surface area contributed by atoms with E-state index in [4.69, 9.17) is 17.0 Å². The Bertz CT molecular complexity index is 646. The summed E-state index contributed by atoms with van der Waals surface area (Å²) in [5.74, 6) is -0.310. The number of thiocarbonyl (C=S) groups is 1. The van der Waals surface area contributed by atoms with Crippen molar-refractivity contribution in [2.75, 3.05) is 0 Å². The molecule has 0 aliphatic rings. The first kappa shape index (κ1) is 21.7. The fourth-order valence-electron chi connectivity index (χ4n) is 1.82. The normalized spacial score (nSPS) is 11.3. The topological polar surface area (TPSA) is 91.5 Å². The van der Waals surface area contributed by atoms with Crippen molar-refractivity contribution in [1.82, 2.24) is 21.5 Å². The molecule has 0 unspecified atom stereocenters. The minimum absolute atomic E-state index is 0.197. The first-order valence-electron chi connectivity index (χ1n) is 8.30. The van der Waals surface area contributed by atoms with Gasteiger partial charge in [-0.3, -0.25) is 15.6 Å². The van der Waals surface area contributed by atoms with Crippen molar-refractivity contribution >= 4 is 29.3 Å². The second-order valence-corrected chi connectivity index (χ2v) is 8.24. The summed E-state index contributed by atoms with van der Waals surface area (Å²) >= 11 is 5.10. The molecule has 2 amide bonds. The number of hydrogen-bond acceptors (Lipinski definition) is 4. The van der Waals surface area contributed by atoms with Crippen LogP contribution in [-0.2, 0) is 11.3 Å². The van der Waals surface area contributed by atoms with Crippen molar-refractivity contribution in [3.8, 4) is 0 Å². The molecule has 144 valence electrons. The zero-order chi connectivity index (χ0) is 20.0. The molecule has 4 N–H and O–H groups in total. The number of rotatable bonds is 3. The Balaban J connectivity index is 2.47. The second kappa shape index (κ2) is 8.84. The van der Waals surface area contributed by atoms with Crippen molar-refractivity contribution < 1.29 is 14.3 Å². The van der Waals surface area contributed by atoms with Gasteiger partial charge in [-0.05, 0) is 71.5 Å². The maximum absolute atomic E-state index is 12.1. The Labute approximate surface area is 160 Å². The van der Waals surface area contributed by atoms with E-state index in [1.807, 2.05) is 20.8 Å². The highest BCUT2D eigenvalue weighted by Crippen LogP contribution is 2.08. The summed E-state index contributed by atoms with van der Waals surface area (Å²) < 4.78 is 5.17. The van der Waals surface area contributed by atoms with Gasteiger partial charge in [0, 0.05) is 17.6 Å². The number of carbonyl (C=O) groups excluding carboxylic acids is 2. The van der Waals surface area contributed by atoms with Crippen LogP contribution in [0.5, 0.6) is 0 Å². The number of nitrogens with one attached hydrogen (secondary N) is 4. The maximum Gasteiger partial charge on any atom is 0.407 e. The second-order valence-electron chi connectivity index (χ2n) is 7.84. The van der Waals surface area contributed by atoms with Gasteiger partial charge in [0.25, 0.3) is 5.91 Å². The molecule has 0 radical (unpaired) electrons. The largest absolute Gasteiger partial charge is 0.444 e. The SMILES string of the molecule is CC(C)(C)NC(=S)NNC(=O)c1ccc(CNC(=O)OC(C)(C)C)cc1. The van der Waals surface area contributed by atoms with Crippen LogP contribution in [0.2, 0.25) is 0 Å². The molecule has 0 atom stereocenters. The summed E-state index contributed by atoms with van der Waals surface area (Å²) in [6.45, 7) is 11.6. The number of ether oxygens (including phenoxy) is 1. The molecular formula is C18H28N4O3S. The van der Waals surface area contributed by atoms with E-state index < -0.39 is 11.7 Å². The molecule has 0 bridgehead atoms. The standard InChI is InChI=1S/C18H28N4O3S/c1-17(2,3)20-15(26)22-21-14(23)13-9-7-12(8-10-13)11-19-16(24)25-18(4,5)6/h7-10H,11H2,1-6H3,(H,19,24)(H,21,23)(H2,20,22,26). The quantitative estimate of drug-likeness (QED) is 0.476. The van der Waals surface area contributed by atoms with Crippen molar-refractivity contribution in [2.24, 2.45) is 0 Å². The molecule has 0 aromatic heterocycles. The summed E-state index contributed by atoms with van der Waals surface area (Å²) in [5, 5.41) is 6.04. The van der Waals surface area contributed by atoms with Gasteiger partial charge < -0.3 is 15.4 Å². The zero-order valence-corrected chi connectivity index (χ0v) is 17.0. The van der Waals surface area contributed by atoms with Gasteiger partial charge in [-0.25, -0.2) is 4.79 Å². The lowest BCUT2D eigenvalue weighted by Gasteiger charge is -2.23. The number of alkyl carbamates (subject to hydrolysis) is 1. The Morgan fingerprint density at radius 2 is 1.58 bits per heavy atom. The minimum atomic E-state index is -0.540. The Kier molecular flexibility index (Phi) is 7.38. The molecule has 0 aliphatic heterocycles. The summed E-state index contributed by atoms with van der Waals surface area (Å²) in [6, 6.07) is 6.86. The highest BCUT2D eigenvalue weighted by atomic mass is 32.1. The van der Waals surface area contributed by atoms with Crippen LogP contribution < -0.4 is 21.5 Å². The number of hydrazine groups is 1. The lowest BCUT2D eigenvalue weighted by Crippen LogP contribution is -2.52. The van der Waals surface area contributed by atoms with Crippen molar-refractivity contribution in [3.05, 3.63) is 35.4 Å². The number of hydrogen-bond donors (Lipinski definition) is 4. The fraction of sp³-hybridized carbons (Fsp3) is 0.500. The van der Waals surface area contributed by atoms with Gasteiger partial charge in [-0.2, -0.15) is 0 Å². The van der Waals surface area contributed by atoms with Gasteiger partial charge in [-0.15, -0.1) is 0 Å². The Hall–Kier alpha value is -2.35. The van der Waals surface area contributed by atoms with E-state index in [9.17, 15) is 9.59 Å². The lowest BCUT2D eigenvalue weighted by molar-refractivity contribution is 0.0523. The molecule has 0 saturated carbocycles. The highest BCUT2D eigenvalue weighted by Gasteiger charge is 2.16. The molecule has 0 aliphatic carbocycles. The maximum atomic E-state index is 12.1. The van der Waals surface area contributed by atoms with Crippen molar-refractivity contribution in [1.29, 1.82) is 0 Å². The molecule has 1 aromatic rings. The van der Waals surface area contributed by atoms with E-state index in [0.29, 0.717) is 17.2 Å².